The van der Waals surface area contributed by atoms with Crippen LogP contribution in [0, 0.1) is 11.8 Å². The lowest BCUT2D eigenvalue weighted by Gasteiger charge is -2.09. The minimum Gasteiger partial charge on any atom is -0.162 e. The Morgan fingerprint density at radius 2 is 1.41 bits per heavy atom. The molecule has 0 aliphatic rings. The van der Waals surface area contributed by atoms with Crippen molar-refractivity contribution >= 4 is 8.69 Å². The van der Waals surface area contributed by atoms with Gasteiger partial charge in [0, 0.05) is 0 Å². The van der Waals surface area contributed by atoms with Crippen LogP contribution in [-0.4, -0.2) is 4.89 Å². The van der Waals surface area contributed by atoms with Gasteiger partial charge in [0.05, 0.1) is 0 Å². The predicted molar refractivity (Wildman–Crippen MR) is 74.7 cm³/mol. The van der Waals surface area contributed by atoms with Crippen molar-refractivity contribution < 1.29 is 9.46 Å². The maximum absolute atomic E-state index is 8.51. The van der Waals surface area contributed by atoms with Gasteiger partial charge in [0.25, 0.3) is 0 Å². The smallest absolute Gasteiger partial charge is 0.162 e. The van der Waals surface area contributed by atoms with Crippen LogP contribution in [-0.2, 0) is 17.4 Å². The van der Waals surface area contributed by atoms with Crippen LogP contribution in [0.15, 0.2) is 24.3 Å². The van der Waals surface area contributed by atoms with E-state index in [4.69, 9.17) is 9.46 Å². The van der Waals surface area contributed by atoms with E-state index in [9.17, 15) is 0 Å². The monoisotopic (exact) mass is 255 g/mol. The van der Waals surface area contributed by atoms with Crippen LogP contribution in [0.25, 0.3) is 0 Å². The summed E-state index contributed by atoms with van der Waals surface area (Å²) in [6.07, 6.45) is 2.40. The molecule has 1 aromatic carbocycles. The lowest BCUT2D eigenvalue weighted by molar-refractivity contribution is 0.524. The Morgan fingerprint density at radius 1 is 1.06 bits per heavy atom. The Hall–Kier alpha value is -0.720. The number of hydrogen-bond donors (Lipinski definition) is 1. The van der Waals surface area contributed by atoms with E-state index in [-0.39, 0.29) is 0 Å². The normalized spacial score (nSPS) is 10.5. The molecule has 0 aliphatic carbocycles. The second-order valence-corrected chi connectivity index (χ2v) is 5.29. The third-order valence-electron chi connectivity index (χ3n) is 2.28. The van der Waals surface area contributed by atoms with Crippen molar-refractivity contribution in [3.63, 3.8) is 0 Å². The minimum atomic E-state index is -1.17. The van der Waals surface area contributed by atoms with Crippen molar-refractivity contribution in [1.29, 1.82) is 0 Å². The van der Waals surface area contributed by atoms with Crippen molar-refractivity contribution in [2.75, 3.05) is 0 Å². The SMILES string of the molecule is CC(C)Cc1cccc(CC(C)C)c1.O=[PH+]O. The van der Waals surface area contributed by atoms with Crippen molar-refractivity contribution in [2.45, 2.75) is 40.5 Å². The Morgan fingerprint density at radius 3 is 1.71 bits per heavy atom. The summed E-state index contributed by atoms with van der Waals surface area (Å²) in [5.74, 6) is 1.51. The van der Waals surface area contributed by atoms with Gasteiger partial charge < -0.3 is 0 Å². The van der Waals surface area contributed by atoms with Crippen LogP contribution in [0.5, 0.6) is 0 Å². The first-order valence-corrected chi connectivity index (χ1v) is 6.94. The molecular formula is C14H24O2P+. The highest BCUT2D eigenvalue weighted by Crippen LogP contribution is 2.13. The van der Waals surface area contributed by atoms with Gasteiger partial charge in [-0.3, -0.25) is 0 Å². The summed E-state index contributed by atoms with van der Waals surface area (Å²) < 4.78 is 8.51. The summed E-state index contributed by atoms with van der Waals surface area (Å²) in [5.41, 5.74) is 2.97. The van der Waals surface area contributed by atoms with E-state index < -0.39 is 8.69 Å². The third kappa shape index (κ3) is 9.02. The van der Waals surface area contributed by atoms with Gasteiger partial charge in [0.1, 0.15) is 0 Å². The molecule has 0 heterocycles. The third-order valence-corrected chi connectivity index (χ3v) is 2.28. The predicted octanol–water partition coefficient (Wildman–Crippen LogP) is 4.00. The first-order chi connectivity index (χ1) is 7.99. The van der Waals surface area contributed by atoms with Crippen molar-refractivity contribution in [3.05, 3.63) is 35.4 Å². The molecule has 1 unspecified atom stereocenters. The van der Waals surface area contributed by atoms with E-state index >= 15 is 0 Å². The molecule has 17 heavy (non-hydrogen) atoms. The summed E-state index contributed by atoms with van der Waals surface area (Å²) in [4.78, 5) is 7.04. The Labute approximate surface area is 106 Å². The first kappa shape index (κ1) is 16.3. The highest BCUT2D eigenvalue weighted by atomic mass is 31.1. The van der Waals surface area contributed by atoms with E-state index in [0.717, 1.165) is 11.8 Å². The zero-order valence-corrected chi connectivity index (χ0v) is 12.2. The maximum atomic E-state index is 8.51. The summed E-state index contributed by atoms with van der Waals surface area (Å²) >= 11 is 0. The minimum absolute atomic E-state index is 0.754. The molecule has 1 aromatic rings. The Balaban J connectivity index is 0.000000770. The fourth-order valence-electron chi connectivity index (χ4n) is 1.83. The van der Waals surface area contributed by atoms with Crippen LogP contribution in [0.4, 0.5) is 0 Å². The molecule has 96 valence electrons. The topological polar surface area (TPSA) is 37.3 Å². The summed E-state index contributed by atoms with van der Waals surface area (Å²) in [6, 6.07) is 9.03. The van der Waals surface area contributed by atoms with Gasteiger partial charge in [-0.1, -0.05) is 52.0 Å². The molecule has 0 saturated carbocycles. The average Bonchev–Trinajstić information content (AvgIpc) is 2.16. The van der Waals surface area contributed by atoms with Gasteiger partial charge in [-0.25, -0.2) is 0 Å². The summed E-state index contributed by atoms with van der Waals surface area (Å²) in [5, 5.41) is 0. The molecule has 0 amide bonds. The molecule has 1 rings (SSSR count). The van der Waals surface area contributed by atoms with Crippen LogP contribution in [0.1, 0.15) is 38.8 Å². The second kappa shape index (κ2) is 9.32. The molecule has 1 N–H and O–H groups in total. The second-order valence-electron chi connectivity index (χ2n) is 5.11. The van der Waals surface area contributed by atoms with Gasteiger partial charge in [-0.15, -0.1) is 0 Å². The zero-order chi connectivity index (χ0) is 13.3. The molecule has 0 aliphatic heterocycles. The largest absolute Gasteiger partial charge is 0.491 e. The van der Waals surface area contributed by atoms with E-state index in [0.29, 0.717) is 0 Å². The Kier molecular flexibility index (Phi) is 8.93. The van der Waals surface area contributed by atoms with E-state index in [2.05, 4.69) is 52.0 Å². The van der Waals surface area contributed by atoms with Gasteiger partial charge in [-0.2, -0.15) is 4.89 Å². The Bertz CT molecular complexity index is 297. The lowest BCUT2D eigenvalue weighted by Crippen LogP contribution is -1.97. The van der Waals surface area contributed by atoms with Crippen molar-refractivity contribution in [2.24, 2.45) is 11.8 Å². The molecule has 0 radical (unpaired) electrons. The fourth-order valence-corrected chi connectivity index (χ4v) is 1.83. The molecule has 1 atom stereocenters. The highest BCUT2D eigenvalue weighted by Gasteiger charge is 2.01. The molecule has 0 aromatic heterocycles. The summed E-state index contributed by atoms with van der Waals surface area (Å²) in [7, 11) is -1.17. The first-order valence-electron chi connectivity index (χ1n) is 6.08. The number of hydrogen-bond acceptors (Lipinski definition) is 1. The molecule has 2 nitrogen and oxygen atoms in total. The standard InChI is InChI=1S/C14H22.HO2P/c1-11(2)8-13-6-5-7-14(10-13)9-12(3)4;1-3-2/h5-7,10-12H,8-9H2,1-4H3;3H/p+1. The fraction of sp³-hybridized carbons (Fsp3) is 0.571. The highest BCUT2D eigenvalue weighted by molar-refractivity contribution is 7.16. The molecular weight excluding hydrogens is 231 g/mol. The van der Waals surface area contributed by atoms with Gasteiger partial charge in [0.2, 0.25) is 0 Å². The number of benzene rings is 1. The van der Waals surface area contributed by atoms with Crippen LogP contribution in [0.3, 0.4) is 0 Å². The maximum Gasteiger partial charge on any atom is 0.491 e. The molecule has 0 bridgehead atoms. The van der Waals surface area contributed by atoms with E-state index in [1.807, 2.05) is 0 Å². The average molecular weight is 255 g/mol. The van der Waals surface area contributed by atoms with Gasteiger partial charge in [-0.05, 0) is 40.4 Å². The molecule has 0 saturated heterocycles. The molecule has 0 fully saturated rings. The van der Waals surface area contributed by atoms with Crippen LogP contribution >= 0.6 is 8.69 Å². The van der Waals surface area contributed by atoms with Gasteiger partial charge in [0.15, 0.2) is 0 Å². The van der Waals surface area contributed by atoms with Crippen LogP contribution in [0.2, 0.25) is 0 Å². The van der Waals surface area contributed by atoms with Crippen molar-refractivity contribution in [1.82, 2.24) is 0 Å². The van der Waals surface area contributed by atoms with Gasteiger partial charge >= 0.3 is 8.69 Å². The molecule has 3 heteroatoms. The van der Waals surface area contributed by atoms with Crippen LogP contribution < -0.4 is 0 Å². The number of rotatable bonds is 4. The van der Waals surface area contributed by atoms with E-state index in [1.165, 1.54) is 24.0 Å². The van der Waals surface area contributed by atoms with E-state index in [1.54, 1.807) is 0 Å². The quantitative estimate of drug-likeness (QED) is 0.826. The zero-order valence-electron chi connectivity index (χ0n) is 11.2. The summed E-state index contributed by atoms with van der Waals surface area (Å²) in [6.45, 7) is 9.09. The van der Waals surface area contributed by atoms with Crippen molar-refractivity contribution in [3.8, 4) is 0 Å². The lowest BCUT2D eigenvalue weighted by atomic mass is 9.97. The molecule has 0 spiro atoms.